The number of para-hydroxylation sites is 2. The number of hydrogen-bond donors (Lipinski definition) is 1. The Morgan fingerprint density at radius 2 is 1.80 bits per heavy atom. The lowest BCUT2D eigenvalue weighted by atomic mass is 10.2. The zero-order valence-corrected chi connectivity index (χ0v) is 11.2. The Bertz CT molecular complexity index is 797. The van der Waals surface area contributed by atoms with E-state index in [2.05, 4.69) is 46.4 Å². The minimum atomic E-state index is 0.703. The molecule has 20 heavy (non-hydrogen) atoms. The van der Waals surface area contributed by atoms with Crippen LogP contribution in [0.4, 0.5) is 17.3 Å². The van der Waals surface area contributed by atoms with Gasteiger partial charge in [-0.15, -0.1) is 0 Å². The Hall–Kier alpha value is -2.62. The number of nitrogens with one attached hydrogen (secondary N) is 1. The van der Waals surface area contributed by atoms with Crippen LogP contribution in [0.5, 0.6) is 0 Å². The lowest BCUT2D eigenvalue weighted by Crippen LogP contribution is -2.17. The van der Waals surface area contributed by atoms with Crippen LogP contribution in [-0.4, -0.2) is 16.6 Å². The van der Waals surface area contributed by atoms with Gasteiger partial charge in [-0.2, -0.15) is 0 Å². The van der Waals surface area contributed by atoms with Gasteiger partial charge in [0.05, 0.1) is 17.7 Å². The summed E-state index contributed by atoms with van der Waals surface area (Å²) in [6.45, 7) is 2.80. The number of nitrogens with zero attached hydrogens (tertiary/aromatic N) is 3. The van der Waals surface area contributed by atoms with Crippen LogP contribution in [0.2, 0.25) is 0 Å². The SMILES string of the molecule is Cc1cccc(N2CNc3nc4ccccc4nc32)c1. The number of rotatable bonds is 1. The van der Waals surface area contributed by atoms with Gasteiger partial charge in [0.2, 0.25) is 0 Å². The molecule has 4 heteroatoms. The fourth-order valence-electron chi connectivity index (χ4n) is 2.54. The van der Waals surface area contributed by atoms with Gasteiger partial charge in [0.1, 0.15) is 0 Å². The average Bonchev–Trinajstić information content (AvgIpc) is 2.87. The molecule has 98 valence electrons. The first-order valence-electron chi connectivity index (χ1n) is 6.66. The van der Waals surface area contributed by atoms with Gasteiger partial charge in [0.25, 0.3) is 0 Å². The van der Waals surface area contributed by atoms with Crippen molar-refractivity contribution in [2.75, 3.05) is 16.9 Å². The molecular formula is C16H14N4. The van der Waals surface area contributed by atoms with Gasteiger partial charge >= 0.3 is 0 Å². The summed E-state index contributed by atoms with van der Waals surface area (Å²) in [5.74, 6) is 1.75. The van der Waals surface area contributed by atoms with Gasteiger partial charge in [-0.1, -0.05) is 24.3 Å². The Labute approximate surface area is 117 Å². The summed E-state index contributed by atoms with van der Waals surface area (Å²) in [4.78, 5) is 11.5. The molecule has 0 saturated heterocycles. The molecule has 0 bridgehead atoms. The molecule has 2 heterocycles. The first kappa shape index (κ1) is 11.2. The highest BCUT2D eigenvalue weighted by molar-refractivity contribution is 5.84. The second kappa shape index (κ2) is 4.20. The quantitative estimate of drug-likeness (QED) is 0.729. The first-order chi connectivity index (χ1) is 9.81. The Morgan fingerprint density at radius 1 is 1.00 bits per heavy atom. The molecule has 1 aliphatic rings. The van der Waals surface area contributed by atoms with Gasteiger partial charge < -0.3 is 10.2 Å². The number of hydrogen-bond acceptors (Lipinski definition) is 4. The van der Waals surface area contributed by atoms with E-state index < -0.39 is 0 Å². The van der Waals surface area contributed by atoms with Crippen molar-refractivity contribution in [3.8, 4) is 0 Å². The van der Waals surface area contributed by atoms with Crippen LogP contribution < -0.4 is 10.2 Å². The van der Waals surface area contributed by atoms with Crippen LogP contribution in [-0.2, 0) is 0 Å². The van der Waals surface area contributed by atoms with E-state index in [0.29, 0.717) is 6.67 Å². The highest BCUT2D eigenvalue weighted by Crippen LogP contribution is 2.35. The summed E-state index contributed by atoms with van der Waals surface area (Å²) in [5, 5.41) is 3.31. The second-order valence-corrected chi connectivity index (χ2v) is 4.99. The maximum absolute atomic E-state index is 4.74. The number of benzene rings is 2. The summed E-state index contributed by atoms with van der Waals surface area (Å²) in [5.41, 5.74) is 4.22. The van der Waals surface area contributed by atoms with Crippen molar-refractivity contribution in [2.24, 2.45) is 0 Å². The minimum Gasteiger partial charge on any atom is -0.349 e. The molecule has 0 unspecified atom stereocenters. The van der Waals surface area contributed by atoms with Gasteiger partial charge in [0.15, 0.2) is 11.6 Å². The van der Waals surface area contributed by atoms with Crippen molar-refractivity contribution < 1.29 is 0 Å². The summed E-state index contributed by atoms with van der Waals surface area (Å²) in [6.07, 6.45) is 0. The largest absolute Gasteiger partial charge is 0.349 e. The standard InChI is InChI=1S/C16H14N4/c1-11-5-4-6-12(9-11)20-10-17-15-16(20)19-14-8-3-2-7-13(14)18-15/h2-9H,10H2,1H3,(H,17,18). The van der Waals surface area contributed by atoms with Crippen molar-refractivity contribution >= 4 is 28.4 Å². The van der Waals surface area contributed by atoms with E-state index in [4.69, 9.17) is 4.98 Å². The molecule has 4 rings (SSSR count). The van der Waals surface area contributed by atoms with Crippen molar-refractivity contribution in [2.45, 2.75) is 6.92 Å². The number of aromatic nitrogens is 2. The maximum atomic E-state index is 4.74. The molecule has 0 amide bonds. The molecule has 0 saturated carbocycles. The van der Waals surface area contributed by atoms with Crippen LogP contribution in [0.3, 0.4) is 0 Å². The second-order valence-electron chi connectivity index (χ2n) is 4.99. The Morgan fingerprint density at radius 3 is 2.60 bits per heavy atom. The van der Waals surface area contributed by atoms with Gasteiger partial charge in [0, 0.05) is 5.69 Å². The summed E-state index contributed by atoms with van der Waals surface area (Å²) < 4.78 is 0. The number of aryl methyl sites for hydroxylation is 1. The van der Waals surface area contributed by atoms with E-state index in [1.807, 2.05) is 24.3 Å². The molecule has 3 aromatic rings. The third-order valence-corrected chi connectivity index (χ3v) is 3.53. The van der Waals surface area contributed by atoms with Crippen LogP contribution in [0.1, 0.15) is 5.56 Å². The summed E-state index contributed by atoms with van der Waals surface area (Å²) >= 11 is 0. The summed E-state index contributed by atoms with van der Waals surface area (Å²) in [6, 6.07) is 16.4. The monoisotopic (exact) mass is 262 g/mol. The number of fused-ring (bicyclic) bond motifs is 2. The van der Waals surface area contributed by atoms with E-state index in [-0.39, 0.29) is 0 Å². The van der Waals surface area contributed by atoms with Crippen molar-refractivity contribution in [3.05, 3.63) is 54.1 Å². The normalized spacial score (nSPS) is 13.3. The fourth-order valence-corrected chi connectivity index (χ4v) is 2.54. The van der Waals surface area contributed by atoms with E-state index in [1.54, 1.807) is 0 Å². The van der Waals surface area contributed by atoms with E-state index in [9.17, 15) is 0 Å². The molecule has 0 radical (unpaired) electrons. The molecule has 1 aromatic heterocycles. The highest BCUT2D eigenvalue weighted by atomic mass is 15.4. The van der Waals surface area contributed by atoms with Crippen molar-refractivity contribution in [3.63, 3.8) is 0 Å². The van der Waals surface area contributed by atoms with E-state index >= 15 is 0 Å². The molecule has 0 spiro atoms. The highest BCUT2D eigenvalue weighted by Gasteiger charge is 2.23. The maximum Gasteiger partial charge on any atom is 0.178 e. The lowest BCUT2D eigenvalue weighted by Gasteiger charge is -2.17. The summed E-state index contributed by atoms with van der Waals surface area (Å²) in [7, 11) is 0. The van der Waals surface area contributed by atoms with Crippen LogP contribution in [0.15, 0.2) is 48.5 Å². The molecule has 0 aliphatic carbocycles. The molecular weight excluding hydrogens is 248 g/mol. The van der Waals surface area contributed by atoms with Crippen LogP contribution in [0.25, 0.3) is 11.0 Å². The third kappa shape index (κ3) is 1.69. The average molecular weight is 262 g/mol. The fraction of sp³-hybridized carbons (Fsp3) is 0.125. The van der Waals surface area contributed by atoms with Crippen molar-refractivity contribution in [1.82, 2.24) is 9.97 Å². The van der Waals surface area contributed by atoms with Crippen LogP contribution >= 0.6 is 0 Å². The van der Waals surface area contributed by atoms with E-state index in [1.165, 1.54) is 5.56 Å². The van der Waals surface area contributed by atoms with Gasteiger partial charge in [-0.25, -0.2) is 9.97 Å². The molecule has 0 fully saturated rings. The first-order valence-corrected chi connectivity index (χ1v) is 6.66. The molecule has 0 atom stereocenters. The Kier molecular flexibility index (Phi) is 2.36. The van der Waals surface area contributed by atoms with Gasteiger partial charge in [-0.3, -0.25) is 0 Å². The topological polar surface area (TPSA) is 41.0 Å². The van der Waals surface area contributed by atoms with Crippen LogP contribution in [0, 0.1) is 6.92 Å². The third-order valence-electron chi connectivity index (χ3n) is 3.53. The predicted molar refractivity (Wildman–Crippen MR) is 81.3 cm³/mol. The molecule has 1 N–H and O–H groups in total. The zero-order chi connectivity index (χ0) is 13.5. The van der Waals surface area contributed by atoms with Crippen molar-refractivity contribution in [1.29, 1.82) is 0 Å². The molecule has 4 nitrogen and oxygen atoms in total. The molecule has 2 aromatic carbocycles. The van der Waals surface area contributed by atoms with E-state index in [0.717, 1.165) is 28.4 Å². The predicted octanol–water partition coefficient (Wildman–Crippen LogP) is 3.46. The van der Waals surface area contributed by atoms with Gasteiger partial charge in [-0.05, 0) is 36.8 Å². The lowest BCUT2D eigenvalue weighted by molar-refractivity contribution is 1.07. The molecule has 1 aliphatic heterocycles. The smallest absolute Gasteiger partial charge is 0.178 e. The Balaban J connectivity index is 1.87. The number of anilines is 3. The minimum absolute atomic E-state index is 0.703. The zero-order valence-electron chi connectivity index (χ0n) is 11.2.